The Bertz CT molecular complexity index is 834. The van der Waals surface area contributed by atoms with Crippen molar-refractivity contribution in [2.75, 3.05) is 4.90 Å². The second kappa shape index (κ2) is 6.33. The number of anilines is 1. The molecular weight excluding hydrogens is 346 g/mol. The zero-order valence-corrected chi connectivity index (χ0v) is 14.7. The van der Waals surface area contributed by atoms with Crippen LogP contribution in [0.2, 0.25) is 5.15 Å². The number of benzene rings is 1. The van der Waals surface area contributed by atoms with Crippen LogP contribution >= 0.6 is 23.4 Å². The maximum absolute atomic E-state index is 11.8. The molecule has 1 unspecified atom stereocenters. The molecule has 1 amide bonds. The molecule has 4 N–H and O–H groups in total. The molecule has 0 fully saturated rings. The molecule has 0 radical (unpaired) electrons. The molecule has 2 heterocycles. The molecule has 1 aliphatic heterocycles. The van der Waals surface area contributed by atoms with Gasteiger partial charge in [-0.1, -0.05) is 41.6 Å². The van der Waals surface area contributed by atoms with E-state index in [4.69, 9.17) is 23.1 Å². The minimum absolute atomic E-state index is 0.315. The number of hydrogen-bond acceptors (Lipinski definition) is 6. The normalized spacial score (nSPS) is 17.5. The number of aryl methyl sites for hydroxylation is 2. The van der Waals surface area contributed by atoms with Crippen LogP contribution in [0.5, 0.6) is 0 Å². The van der Waals surface area contributed by atoms with Gasteiger partial charge in [-0.2, -0.15) is 0 Å². The van der Waals surface area contributed by atoms with E-state index in [-0.39, 0.29) is 5.37 Å². The molecule has 3 rings (SSSR count). The number of amides is 1. The number of halogens is 1. The third-order valence-corrected chi connectivity index (χ3v) is 5.15. The lowest BCUT2D eigenvalue weighted by Crippen LogP contribution is -2.28. The first-order valence-corrected chi connectivity index (χ1v) is 8.46. The number of carbonyl (C=O) groups is 1. The van der Waals surface area contributed by atoms with E-state index in [0.717, 1.165) is 11.3 Å². The first kappa shape index (κ1) is 16.6. The zero-order chi connectivity index (χ0) is 17.4. The Hall–Kier alpha value is -2.25. The minimum atomic E-state index is -0.560. The smallest absolute Gasteiger partial charge is 0.258 e. The Balaban J connectivity index is 2.15. The summed E-state index contributed by atoms with van der Waals surface area (Å²) >= 11 is 7.34. The molecule has 0 bridgehead atoms. The average Bonchev–Trinajstić information content (AvgIpc) is 2.84. The van der Waals surface area contributed by atoms with E-state index in [0.29, 0.717) is 27.4 Å². The van der Waals surface area contributed by atoms with Crippen molar-refractivity contribution in [2.45, 2.75) is 19.2 Å². The van der Waals surface area contributed by atoms with Crippen molar-refractivity contribution in [1.82, 2.24) is 9.97 Å². The molecule has 1 aliphatic rings. The molecule has 0 aliphatic carbocycles. The number of para-hydroxylation sites is 1. The Morgan fingerprint density at radius 3 is 2.62 bits per heavy atom. The number of rotatable bonds is 3. The molecule has 8 heteroatoms. The predicted octanol–water partition coefficient (Wildman–Crippen LogP) is 2.61. The Kier molecular flexibility index (Phi) is 4.38. The maximum Gasteiger partial charge on any atom is 0.258 e. The molecule has 1 aromatic heterocycles. The summed E-state index contributed by atoms with van der Waals surface area (Å²) in [5.74, 6) is 0.309. The number of aromatic nitrogens is 2. The molecule has 1 aromatic carbocycles. The number of primary amides is 1. The standard InChI is InChI=1S/C16H16ClN5OS/c1-8-5-3-4-6-11(8)22-14(18)13(15(19)23)24-16(22)10-7-12(17)21-9(2)20-10/h3-7,16H,18H2,1-2H3,(H2,19,23). The highest BCUT2D eigenvalue weighted by molar-refractivity contribution is 8.04. The van der Waals surface area contributed by atoms with Crippen molar-refractivity contribution in [2.24, 2.45) is 11.5 Å². The number of carbonyl (C=O) groups excluding carboxylic acids is 1. The second-order valence-electron chi connectivity index (χ2n) is 5.37. The Morgan fingerprint density at radius 1 is 1.29 bits per heavy atom. The van der Waals surface area contributed by atoms with E-state index in [2.05, 4.69) is 9.97 Å². The van der Waals surface area contributed by atoms with Crippen LogP contribution in [0.25, 0.3) is 0 Å². The van der Waals surface area contributed by atoms with Crippen LogP contribution in [0.15, 0.2) is 41.1 Å². The van der Waals surface area contributed by atoms with Crippen molar-refractivity contribution in [1.29, 1.82) is 0 Å². The van der Waals surface area contributed by atoms with E-state index in [9.17, 15) is 4.79 Å². The minimum Gasteiger partial charge on any atom is -0.384 e. The summed E-state index contributed by atoms with van der Waals surface area (Å²) in [5.41, 5.74) is 14.3. The molecule has 1 atom stereocenters. The van der Waals surface area contributed by atoms with Gasteiger partial charge >= 0.3 is 0 Å². The zero-order valence-electron chi connectivity index (χ0n) is 13.2. The predicted molar refractivity (Wildman–Crippen MR) is 96.2 cm³/mol. The summed E-state index contributed by atoms with van der Waals surface area (Å²) < 4.78 is 0. The van der Waals surface area contributed by atoms with Crippen molar-refractivity contribution >= 4 is 35.0 Å². The summed E-state index contributed by atoms with van der Waals surface area (Å²) in [6.07, 6.45) is 0. The third kappa shape index (κ3) is 2.92. The van der Waals surface area contributed by atoms with E-state index in [1.54, 1.807) is 13.0 Å². The van der Waals surface area contributed by atoms with E-state index < -0.39 is 5.91 Å². The highest BCUT2D eigenvalue weighted by atomic mass is 35.5. The van der Waals surface area contributed by atoms with Gasteiger partial charge in [0.05, 0.1) is 5.69 Å². The molecule has 0 saturated carbocycles. The molecule has 24 heavy (non-hydrogen) atoms. The number of hydrogen-bond donors (Lipinski definition) is 2. The van der Waals surface area contributed by atoms with Gasteiger partial charge < -0.3 is 16.4 Å². The summed E-state index contributed by atoms with van der Waals surface area (Å²) in [6, 6.07) is 9.45. The van der Waals surface area contributed by atoms with Crippen LogP contribution in [0.3, 0.4) is 0 Å². The third-order valence-electron chi connectivity index (χ3n) is 3.63. The van der Waals surface area contributed by atoms with Crippen LogP contribution in [0, 0.1) is 13.8 Å². The summed E-state index contributed by atoms with van der Waals surface area (Å²) in [5, 5.41) is 0.00160. The van der Waals surface area contributed by atoms with Gasteiger partial charge in [-0.05, 0) is 25.5 Å². The molecule has 0 saturated heterocycles. The van der Waals surface area contributed by atoms with Crippen molar-refractivity contribution in [3.63, 3.8) is 0 Å². The lowest BCUT2D eigenvalue weighted by molar-refractivity contribution is -0.113. The Labute approximate surface area is 148 Å². The number of nitrogens with two attached hydrogens (primary N) is 2. The van der Waals surface area contributed by atoms with Crippen LogP contribution < -0.4 is 16.4 Å². The molecule has 124 valence electrons. The lowest BCUT2D eigenvalue weighted by atomic mass is 10.1. The van der Waals surface area contributed by atoms with Gasteiger partial charge in [-0.3, -0.25) is 4.79 Å². The van der Waals surface area contributed by atoms with Gasteiger partial charge in [0.1, 0.15) is 27.1 Å². The topological polar surface area (TPSA) is 98.1 Å². The maximum atomic E-state index is 11.8. The lowest BCUT2D eigenvalue weighted by Gasteiger charge is -2.28. The van der Waals surface area contributed by atoms with E-state index in [1.165, 1.54) is 11.8 Å². The van der Waals surface area contributed by atoms with Crippen molar-refractivity contribution in [3.8, 4) is 0 Å². The second-order valence-corrected chi connectivity index (χ2v) is 6.85. The molecule has 2 aromatic rings. The van der Waals surface area contributed by atoms with Gasteiger partial charge in [0.25, 0.3) is 5.91 Å². The fraction of sp³-hybridized carbons (Fsp3) is 0.188. The molecule has 6 nitrogen and oxygen atoms in total. The quantitative estimate of drug-likeness (QED) is 0.815. The summed E-state index contributed by atoms with van der Waals surface area (Å²) in [6.45, 7) is 3.74. The van der Waals surface area contributed by atoms with Crippen molar-refractivity contribution < 1.29 is 4.79 Å². The van der Waals surface area contributed by atoms with E-state index >= 15 is 0 Å². The highest BCUT2D eigenvalue weighted by Gasteiger charge is 2.37. The van der Waals surface area contributed by atoms with Gasteiger partial charge in [-0.15, -0.1) is 0 Å². The van der Waals surface area contributed by atoms with Crippen LogP contribution in [0.4, 0.5) is 5.69 Å². The monoisotopic (exact) mass is 361 g/mol. The number of nitrogens with zero attached hydrogens (tertiary/aromatic N) is 3. The molecule has 0 spiro atoms. The summed E-state index contributed by atoms with van der Waals surface area (Å²) in [7, 11) is 0. The summed E-state index contributed by atoms with van der Waals surface area (Å²) in [4.78, 5) is 22.5. The van der Waals surface area contributed by atoms with Crippen LogP contribution in [0.1, 0.15) is 22.5 Å². The van der Waals surface area contributed by atoms with Gasteiger partial charge in [-0.25, -0.2) is 9.97 Å². The van der Waals surface area contributed by atoms with Crippen LogP contribution in [-0.2, 0) is 4.79 Å². The van der Waals surface area contributed by atoms with E-state index in [1.807, 2.05) is 36.1 Å². The first-order chi connectivity index (χ1) is 11.4. The van der Waals surface area contributed by atoms with Gasteiger partial charge in [0.2, 0.25) is 0 Å². The van der Waals surface area contributed by atoms with Crippen LogP contribution in [-0.4, -0.2) is 15.9 Å². The largest absolute Gasteiger partial charge is 0.384 e. The van der Waals surface area contributed by atoms with Gasteiger partial charge in [0, 0.05) is 11.8 Å². The SMILES string of the molecule is Cc1nc(Cl)cc(C2SC(C(N)=O)=C(N)N2c2ccccc2C)n1. The first-order valence-electron chi connectivity index (χ1n) is 7.20. The highest BCUT2D eigenvalue weighted by Crippen LogP contribution is 2.48. The average molecular weight is 362 g/mol. The van der Waals surface area contributed by atoms with Gasteiger partial charge in [0.15, 0.2) is 0 Å². The Morgan fingerprint density at radius 2 is 2.00 bits per heavy atom. The fourth-order valence-corrected chi connectivity index (χ4v) is 3.97. The number of thioether (sulfide) groups is 1. The van der Waals surface area contributed by atoms with Crippen molar-refractivity contribution in [3.05, 3.63) is 63.3 Å². The fourth-order valence-electron chi connectivity index (χ4n) is 2.61. The molecular formula is C16H16ClN5OS.